The Labute approximate surface area is 83.0 Å². The molecule has 4 nitrogen and oxygen atoms in total. The molecule has 2 rings (SSSR count). The van der Waals surface area contributed by atoms with Crippen LogP contribution in [0.15, 0.2) is 24.8 Å². The van der Waals surface area contributed by atoms with Crippen molar-refractivity contribution in [3.63, 3.8) is 0 Å². The maximum atomic E-state index is 4.27. The molecule has 1 aliphatic carbocycles. The van der Waals surface area contributed by atoms with Gasteiger partial charge in [0.05, 0.1) is 11.4 Å². The highest BCUT2D eigenvalue weighted by atomic mass is 15.5. The van der Waals surface area contributed by atoms with Gasteiger partial charge in [0.15, 0.2) is 5.82 Å². The second kappa shape index (κ2) is 3.57. The van der Waals surface area contributed by atoms with E-state index < -0.39 is 0 Å². The minimum absolute atomic E-state index is 0.798. The number of nitrogens with one attached hydrogen (secondary N) is 2. The fraction of sp³-hybridized carbons (Fsp3) is 0.300. The molecule has 14 heavy (non-hydrogen) atoms. The van der Waals surface area contributed by atoms with Crippen LogP contribution in [-0.4, -0.2) is 22.0 Å². The van der Waals surface area contributed by atoms with Crippen LogP contribution in [0.5, 0.6) is 0 Å². The third kappa shape index (κ3) is 1.51. The van der Waals surface area contributed by atoms with Crippen molar-refractivity contribution in [3.8, 4) is 0 Å². The number of allylic oxidation sites excluding steroid dienone is 4. The molecular weight excluding hydrogens is 176 g/mol. The fourth-order valence-corrected chi connectivity index (χ4v) is 1.33. The van der Waals surface area contributed by atoms with Gasteiger partial charge in [0, 0.05) is 7.05 Å². The number of nitrogens with zero attached hydrogens (tertiary/aromatic N) is 2. The number of aromatic nitrogens is 3. The van der Waals surface area contributed by atoms with Crippen molar-refractivity contribution in [3.05, 3.63) is 30.6 Å². The van der Waals surface area contributed by atoms with Crippen LogP contribution in [0.2, 0.25) is 0 Å². The van der Waals surface area contributed by atoms with Crippen molar-refractivity contribution in [1.82, 2.24) is 20.3 Å². The molecule has 0 aliphatic heterocycles. The predicted octanol–water partition coefficient (Wildman–Crippen LogP) is 1.59. The minimum Gasteiger partial charge on any atom is -0.386 e. The first-order valence-corrected chi connectivity index (χ1v) is 4.70. The summed E-state index contributed by atoms with van der Waals surface area (Å²) in [6, 6.07) is 0. The lowest BCUT2D eigenvalue weighted by atomic mass is 10.1. The largest absolute Gasteiger partial charge is 0.386 e. The van der Waals surface area contributed by atoms with Crippen LogP contribution in [0, 0.1) is 0 Å². The topological polar surface area (TPSA) is 45.6 Å². The maximum Gasteiger partial charge on any atom is 0.191 e. The molecule has 74 valence electrons. The van der Waals surface area contributed by atoms with E-state index in [0.717, 1.165) is 30.1 Å². The molecule has 0 saturated carbocycles. The SMILES string of the molecule is C=C(NC)c1nn(C2=CCCC=C2)[nH]1. The lowest BCUT2D eigenvalue weighted by molar-refractivity contribution is 0.614. The summed E-state index contributed by atoms with van der Waals surface area (Å²) in [5, 5.41) is 10.3. The highest BCUT2D eigenvalue weighted by molar-refractivity contribution is 5.60. The van der Waals surface area contributed by atoms with Crippen LogP contribution >= 0.6 is 0 Å². The minimum atomic E-state index is 0.798. The van der Waals surface area contributed by atoms with Crippen molar-refractivity contribution in [2.75, 3.05) is 7.05 Å². The summed E-state index contributed by atoms with van der Waals surface area (Å²) in [5.74, 6) is 0.798. The number of H-pyrrole nitrogens is 1. The summed E-state index contributed by atoms with van der Waals surface area (Å²) in [6.07, 6.45) is 8.59. The molecular formula is C10H14N4. The van der Waals surface area contributed by atoms with Gasteiger partial charge in [-0.2, -0.15) is 4.80 Å². The first kappa shape index (κ1) is 8.87. The third-order valence-corrected chi connectivity index (χ3v) is 2.22. The molecule has 2 N–H and O–H groups in total. The van der Waals surface area contributed by atoms with Crippen molar-refractivity contribution in [1.29, 1.82) is 0 Å². The highest BCUT2D eigenvalue weighted by Crippen LogP contribution is 2.15. The Morgan fingerprint density at radius 3 is 3.00 bits per heavy atom. The Morgan fingerprint density at radius 2 is 2.43 bits per heavy atom. The molecule has 4 heteroatoms. The van der Waals surface area contributed by atoms with Crippen LogP contribution < -0.4 is 5.32 Å². The molecule has 0 spiro atoms. The molecule has 0 saturated heterocycles. The first-order valence-electron chi connectivity index (χ1n) is 4.70. The van der Waals surface area contributed by atoms with E-state index in [4.69, 9.17) is 0 Å². The van der Waals surface area contributed by atoms with Crippen molar-refractivity contribution in [2.45, 2.75) is 12.8 Å². The summed E-state index contributed by atoms with van der Waals surface area (Å²) in [5.41, 5.74) is 1.91. The lowest BCUT2D eigenvalue weighted by Crippen LogP contribution is -2.21. The van der Waals surface area contributed by atoms with Crippen LogP contribution in [0.4, 0.5) is 0 Å². The maximum absolute atomic E-state index is 4.27. The smallest absolute Gasteiger partial charge is 0.191 e. The number of hydrogen-bond donors (Lipinski definition) is 2. The average Bonchev–Trinajstić information content (AvgIpc) is 2.17. The van der Waals surface area contributed by atoms with Crippen molar-refractivity contribution < 1.29 is 0 Å². The zero-order valence-electron chi connectivity index (χ0n) is 8.25. The second-order valence-corrected chi connectivity index (χ2v) is 3.21. The van der Waals surface area contributed by atoms with Crippen LogP contribution in [0.25, 0.3) is 11.4 Å². The highest BCUT2D eigenvalue weighted by Gasteiger charge is 2.08. The fourth-order valence-electron chi connectivity index (χ4n) is 1.33. The quantitative estimate of drug-likeness (QED) is 0.760. The molecule has 0 radical (unpaired) electrons. The Bertz CT molecular complexity index is 380. The molecule has 1 heterocycles. The number of hydrogen-bond acceptors (Lipinski definition) is 2. The average molecular weight is 190 g/mol. The van der Waals surface area contributed by atoms with Gasteiger partial charge in [-0.05, 0) is 18.9 Å². The van der Waals surface area contributed by atoms with Gasteiger partial charge in [-0.1, -0.05) is 18.7 Å². The number of aromatic amines is 1. The molecule has 0 fully saturated rings. The van der Waals surface area contributed by atoms with Gasteiger partial charge < -0.3 is 5.32 Å². The van der Waals surface area contributed by atoms with Gasteiger partial charge >= 0.3 is 0 Å². The summed E-state index contributed by atoms with van der Waals surface area (Å²) in [4.78, 5) is 1.76. The molecule has 0 unspecified atom stereocenters. The number of rotatable bonds is 3. The first-order chi connectivity index (χ1) is 6.81. The molecule has 0 aromatic carbocycles. The molecule has 1 aromatic rings. The van der Waals surface area contributed by atoms with Gasteiger partial charge in [-0.25, -0.2) is 0 Å². The Kier molecular flexibility index (Phi) is 2.26. The Hall–Kier alpha value is -1.71. The van der Waals surface area contributed by atoms with E-state index in [1.165, 1.54) is 0 Å². The van der Waals surface area contributed by atoms with Crippen LogP contribution in [0.3, 0.4) is 0 Å². The predicted molar refractivity (Wildman–Crippen MR) is 57.3 cm³/mol. The molecule has 1 aliphatic rings. The summed E-state index contributed by atoms with van der Waals surface area (Å²) < 4.78 is 0. The summed E-state index contributed by atoms with van der Waals surface area (Å²) in [6.45, 7) is 3.81. The second-order valence-electron chi connectivity index (χ2n) is 3.21. The van der Waals surface area contributed by atoms with Crippen LogP contribution in [-0.2, 0) is 0 Å². The van der Waals surface area contributed by atoms with E-state index in [1.54, 1.807) is 4.80 Å². The lowest BCUT2D eigenvalue weighted by Gasteiger charge is -2.16. The van der Waals surface area contributed by atoms with E-state index in [9.17, 15) is 0 Å². The molecule has 1 aromatic heterocycles. The van der Waals surface area contributed by atoms with Gasteiger partial charge in [0.1, 0.15) is 0 Å². The van der Waals surface area contributed by atoms with Gasteiger partial charge in [0.25, 0.3) is 0 Å². The molecule has 0 atom stereocenters. The standard InChI is InChI=1S/C10H14N4/c1-8(11-2)10-12-14(13-10)9-6-4-3-5-7-9/h4,6-7,11H,1,3,5H2,2H3,(H,12,13). The third-order valence-electron chi connectivity index (χ3n) is 2.22. The van der Waals surface area contributed by atoms with Gasteiger partial charge in [0.2, 0.25) is 0 Å². The summed E-state index contributed by atoms with van der Waals surface area (Å²) in [7, 11) is 1.83. The monoisotopic (exact) mass is 190 g/mol. The van der Waals surface area contributed by atoms with E-state index in [0.29, 0.717) is 0 Å². The molecule has 0 bridgehead atoms. The van der Waals surface area contributed by atoms with Gasteiger partial charge in [-0.3, -0.25) is 5.10 Å². The Balaban J connectivity index is 2.09. The van der Waals surface area contributed by atoms with Gasteiger partial charge in [-0.15, -0.1) is 5.10 Å². The van der Waals surface area contributed by atoms with Crippen LogP contribution in [0.1, 0.15) is 18.7 Å². The van der Waals surface area contributed by atoms with E-state index in [1.807, 2.05) is 7.05 Å². The van der Waals surface area contributed by atoms with Crippen molar-refractivity contribution in [2.24, 2.45) is 0 Å². The van der Waals surface area contributed by atoms with E-state index >= 15 is 0 Å². The molecule has 0 amide bonds. The normalized spacial score (nSPS) is 15.4. The van der Waals surface area contributed by atoms with E-state index in [2.05, 4.69) is 40.3 Å². The Morgan fingerprint density at radius 1 is 1.64 bits per heavy atom. The summed E-state index contributed by atoms with van der Waals surface area (Å²) >= 11 is 0. The zero-order valence-corrected chi connectivity index (χ0v) is 8.25. The van der Waals surface area contributed by atoms with Crippen molar-refractivity contribution >= 4 is 11.4 Å². The zero-order chi connectivity index (χ0) is 9.97. The van der Waals surface area contributed by atoms with E-state index in [-0.39, 0.29) is 0 Å².